The van der Waals surface area contributed by atoms with Crippen molar-refractivity contribution in [3.8, 4) is 85.0 Å². The maximum Gasteiger partial charge on any atom is 0.187 e. The predicted octanol–water partition coefficient (Wildman–Crippen LogP) is 16.5. The molecule has 7 heteroatoms. The minimum Gasteiger partial charge on any atom is -0.309 e. The monoisotopic (exact) mass is 917 g/mol. The van der Waals surface area contributed by atoms with Crippen molar-refractivity contribution < 1.29 is 0 Å². The molecule has 334 valence electrons. The van der Waals surface area contributed by atoms with Gasteiger partial charge >= 0.3 is 0 Å². The SMILES string of the molecule is [C-]#[N+]c1ccc(-c2ccc3c(c2)c2cc(-c4ccc(C#N)cc4)ccc2n3-c2ccc(-c3ccccc3-n3c4ccccc4c4ccccc43)cc2-c2nc(-c3ccccc3)nc(-c3ccccc3)n2)cc1. The van der Waals surface area contributed by atoms with E-state index in [1.54, 1.807) is 0 Å². The summed E-state index contributed by atoms with van der Waals surface area (Å²) in [5, 5.41) is 14.1. The van der Waals surface area contributed by atoms with Crippen LogP contribution in [0.5, 0.6) is 0 Å². The first-order valence-corrected chi connectivity index (χ1v) is 23.8. The highest BCUT2D eigenvalue weighted by Crippen LogP contribution is 2.43. The lowest BCUT2D eigenvalue weighted by Gasteiger charge is -2.18. The Bertz CT molecular complexity index is 4100. The van der Waals surface area contributed by atoms with E-state index in [1.165, 1.54) is 10.8 Å². The van der Waals surface area contributed by atoms with Gasteiger partial charge in [-0.3, -0.25) is 0 Å². The van der Waals surface area contributed by atoms with Crippen LogP contribution in [0.1, 0.15) is 5.56 Å². The van der Waals surface area contributed by atoms with E-state index < -0.39 is 0 Å². The summed E-state index contributed by atoms with van der Waals surface area (Å²) in [6.45, 7) is 7.56. The van der Waals surface area contributed by atoms with Crippen LogP contribution in [0, 0.1) is 17.9 Å². The van der Waals surface area contributed by atoms with Gasteiger partial charge in [0, 0.05) is 43.8 Å². The molecule has 0 N–H and O–H groups in total. The van der Waals surface area contributed by atoms with E-state index in [0.29, 0.717) is 28.7 Å². The van der Waals surface area contributed by atoms with Gasteiger partial charge in [0.1, 0.15) is 0 Å². The van der Waals surface area contributed by atoms with Crippen molar-refractivity contribution >= 4 is 49.3 Å². The first-order chi connectivity index (χ1) is 35.6. The summed E-state index contributed by atoms with van der Waals surface area (Å²) in [4.78, 5) is 19.5. The lowest BCUT2D eigenvalue weighted by molar-refractivity contribution is 1.06. The molecule has 13 rings (SSSR count). The van der Waals surface area contributed by atoms with Crippen LogP contribution >= 0.6 is 0 Å². The van der Waals surface area contributed by atoms with Gasteiger partial charge in [0.25, 0.3) is 0 Å². The van der Waals surface area contributed by atoms with Crippen LogP contribution < -0.4 is 0 Å². The Morgan fingerprint density at radius 3 is 1.35 bits per heavy atom. The summed E-state index contributed by atoms with van der Waals surface area (Å²) in [6, 6.07) is 83.7. The highest BCUT2D eigenvalue weighted by Gasteiger charge is 2.23. The number of para-hydroxylation sites is 3. The number of hydrogen-bond acceptors (Lipinski definition) is 4. The molecular formula is C65H39N7. The van der Waals surface area contributed by atoms with Crippen LogP contribution in [0.15, 0.2) is 237 Å². The third kappa shape index (κ3) is 7.17. The molecule has 72 heavy (non-hydrogen) atoms. The van der Waals surface area contributed by atoms with Crippen LogP contribution in [-0.4, -0.2) is 24.1 Å². The normalized spacial score (nSPS) is 11.3. The van der Waals surface area contributed by atoms with Crippen molar-refractivity contribution in [3.05, 3.63) is 254 Å². The number of fused-ring (bicyclic) bond motifs is 6. The van der Waals surface area contributed by atoms with Gasteiger partial charge in [0.2, 0.25) is 0 Å². The van der Waals surface area contributed by atoms with E-state index in [2.05, 4.69) is 147 Å². The number of rotatable bonds is 8. The van der Waals surface area contributed by atoms with Crippen molar-refractivity contribution in [2.45, 2.75) is 0 Å². The molecule has 0 bridgehead atoms. The first-order valence-electron chi connectivity index (χ1n) is 23.8. The fourth-order valence-electron chi connectivity index (χ4n) is 10.2. The third-order valence-electron chi connectivity index (χ3n) is 13.7. The molecule has 0 fully saturated rings. The van der Waals surface area contributed by atoms with Gasteiger partial charge in [-0.25, -0.2) is 19.8 Å². The van der Waals surface area contributed by atoms with Gasteiger partial charge in [-0.05, 0) is 94.5 Å². The largest absolute Gasteiger partial charge is 0.309 e. The smallest absolute Gasteiger partial charge is 0.187 e. The summed E-state index contributed by atoms with van der Waals surface area (Å²) < 4.78 is 4.72. The molecule has 13 aromatic rings. The van der Waals surface area contributed by atoms with Gasteiger partial charge in [-0.15, -0.1) is 0 Å². The number of nitriles is 1. The molecular weight excluding hydrogens is 879 g/mol. The molecule has 3 aromatic heterocycles. The molecule has 0 saturated carbocycles. The number of nitrogens with zero attached hydrogens (tertiary/aromatic N) is 7. The fraction of sp³-hybridized carbons (Fsp3) is 0. The van der Waals surface area contributed by atoms with Crippen LogP contribution in [0.3, 0.4) is 0 Å². The molecule has 0 unspecified atom stereocenters. The van der Waals surface area contributed by atoms with E-state index in [9.17, 15) is 5.26 Å². The highest BCUT2D eigenvalue weighted by atomic mass is 15.1. The minimum atomic E-state index is 0.537. The molecule has 10 aromatic carbocycles. The summed E-state index contributed by atoms with van der Waals surface area (Å²) in [5.41, 5.74) is 16.2. The van der Waals surface area contributed by atoms with Crippen molar-refractivity contribution in [3.63, 3.8) is 0 Å². The standard InChI is InChI=1S/C65H39N7/c1-67-50-33-28-44(29-34-50)48-31-36-61-55(39-48)54-38-47(43-26-24-42(41-66)25-27-43)30-35-60(54)72(61)62-37-32-49(51-18-8-11-21-57(51)71-58-22-12-9-19-52(58)53-20-10-13-23-59(53)71)40-56(62)65-69-63(45-14-4-2-5-15-45)68-64(70-65)46-16-6-3-7-17-46/h2-40H. The predicted molar refractivity (Wildman–Crippen MR) is 292 cm³/mol. The Hall–Kier alpha value is -10.2. The zero-order valence-corrected chi connectivity index (χ0v) is 38.6. The Kier molecular flexibility index (Phi) is 10.1. The van der Waals surface area contributed by atoms with Crippen molar-refractivity contribution in [2.75, 3.05) is 0 Å². The van der Waals surface area contributed by atoms with E-state index >= 15 is 0 Å². The molecule has 0 amide bonds. The van der Waals surface area contributed by atoms with Crippen molar-refractivity contribution in [1.29, 1.82) is 5.26 Å². The van der Waals surface area contributed by atoms with Gasteiger partial charge in [-0.2, -0.15) is 5.26 Å². The van der Waals surface area contributed by atoms with E-state index in [1.807, 2.05) is 109 Å². The van der Waals surface area contributed by atoms with Crippen molar-refractivity contribution in [2.24, 2.45) is 0 Å². The second-order valence-corrected chi connectivity index (χ2v) is 17.8. The zero-order valence-electron chi connectivity index (χ0n) is 38.6. The zero-order chi connectivity index (χ0) is 48.1. The maximum absolute atomic E-state index is 9.60. The highest BCUT2D eigenvalue weighted by molar-refractivity contribution is 6.13. The van der Waals surface area contributed by atoms with Gasteiger partial charge < -0.3 is 9.13 Å². The molecule has 0 aliphatic carbocycles. The average molecular weight is 918 g/mol. The molecule has 0 spiro atoms. The fourth-order valence-corrected chi connectivity index (χ4v) is 10.2. The lowest BCUT2D eigenvalue weighted by Crippen LogP contribution is -2.04. The Morgan fingerprint density at radius 1 is 0.347 bits per heavy atom. The summed E-state index contributed by atoms with van der Waals surface area (Å²) in [7, 11) is 0. The van der Waals surface area contributed by atoms with Crippen molar-refractivity contribution in [1.82, 2.24) is 24.1 Å². The van der Waals surface area contributed by atoms with Gasteiger partial charge in [0.15, 0.2) is 23.2 Å². The Morgan fingerprint density at radius 2 is 0.792 bits per heavy atom. The molecule has 0 radical (unpaired) electrons. The minimum absolute atomic E-state index is 0.537. The Labute approximate surface area is 415 Å². The molecule has 3 heterocycles. The quantitative estimate of drug-likeness (QED) is 0.142. The number of aromatic nitrogens is 5. The van der Waals surface area contributed by atoms with Crippen LogP contribution in [0.25, 0.3) is 127 Å². The molecule has 7 nitrogen and oxygen atoms in total. The lowest BCUT2D eigenvalue weighted by atomic mass is 9.99. The molecule has 0 aliphatic rings. The summed E-state index contributed by atoms with van der Waals surface area (Å²) in [6.07, 6.45) is 0. The first kappa shape index (κ1) is 41.9. The third-order valence-corrected chi connectivity index (χ3v) is 13.7. The van der Waals surface area contributed by atoms with E-state index in [-0.39, 0.29) is 0 Å². The summed E-state index contributed by atoms with van der Waals surface area (Å²) in [5.74, 6) is 1.68. The maximum atomic E-state index is 9.60. The number of benzene rings is 10. The summed E-state index contributed by atoms with van der Waals surface area (Å²) >= 11 is 0. The van der Waals surface area contributed by atoms with Gasteiger partial charge in [-0.1, -0.05) is 170 Å². The van der Waals surface area contributed by atoms with Crippen LogP contribution in [0.4, 0.5) is 5.69 Å². The average Bonchev–Trinajstić information content (AvgIpc) is 3.97. The van der Waals surface area contributed by atoms with E-state index in [0.717, 1.165) is 94.3 Å². The van der Waals surface area contributed by atoms with Crippen LogP contribution in [-0.2, 0) is 0 Å². The molecule has 0 aliphatic heterocycles. The second kappa shape index (κ2) is 17.4. The topological polar surface area (TPSA) is 76.7 Å². The van der Waals surface area contributed by atoms with Crippen LogP contribution in [0.2, 0.25) is 0 Å². The Balaban J connectivity index is 1.10. The molecule has 0 saturated heterocycles. The van der Waals surface area contributed by atoms with E-state index in [4.69, 9.17) is 21.5 Å². The second-order valence-electron chi connectivity index (χ2n) is 17.8. The number of hydrogen-bond donors (Lipinski definition) is 0. The molecule has 0 atom stereocenters. The van der Waals surface area contributed by atoms with Gasteiger partial charge in [0.05, 0.1) is 51.6 Å².